The SMILES string of the molecule is CC.CC.CC1C=CCC2C(=O)OC(=O)C12. The fourth-order valence-corrected chi connectivity index (χ4v) is 1.94. The summed E-state index contributed by atoms with van der Waals surface area (Å²) in [4.78, 5) is 22.2. The second-order valence-electron chi connectivity index (χ2n) is 3.40. The number of esters is 2. The lowest BCUT2D eigenvalue weighted by atomic mass is 9.78. The van der Waals surface area contributed by atoms with Crippen LogP contribution in [0.5, 0.6) is 0 Å². The van der Waals surface area contributed by atoms with Crippen molar-refractivity contribution >= 4 is 11.9 Å². The Hall–Kier alpha value is -1.12. The van der Waals surface area contributed by atoms with Gasteiger partial charge in [-0.3, -0.25) is 9.59 Å². The molecule has 3 nitrogen and oxygen atoms in total. The van der Waals surface area contributed by atoms with Crippen LogP contribution in [0.15, 0.2) is 12.2 Å². The lowest BCUT2D eigenvalue weighted by molar-refractivity contribution is -0.153. The zero-order valence-electron chi connectivity index (χ0n) is 10.8. The third-order valence-corrected chi connectivity index (χ3v) is 2.61. The van der Waals surface area contributed by atoms with Crippen molar-refractivity contribution in [3.8, 4) is 0 Å². The molecule has 1 fully saturated rings. The molecule has 0 saturated carbocycles. The van der Waals surface area contributed by atoms with Crippen LogP contribution in [0.3, 0.4) is 0 Å². The van der Waals surface area contributed by atoms with Gasteiger partial charge in [0.15, 0.2) is 0 Å². The van der Waals surface area contributed by atoms with E-state index in [4.69, 9.17) is 0 Å². The van der Waals surface area contributed by atoms with E-state index >= 15 is 0 Å². The maximum atomic E-state index is 11.2. The number of hydrogen-bond acceptors (Lipinski definition) is 3. The molecule has 0 bridgehead atoms. The van der Waals surface area contributed by atoms with Crippen LogP contribution in [0.4, 0.5) is 0 Å². The van der Waals surface area contributed by atoms with E-state index in [1.165, 1.54) is 0 Å². The van der Waals surface area contributed by atoms with E-state index in [2.05, 4.69) is 4.74 Å². The van der Waals surface area contributed by atoms with E-state index in [-0.39, 0.29) is 29.7 Å². The molecular formula is C13H22O3. The van der Waals surface area contributed by atoms with Gasteiger partial charge < -0.3 is 4.74 Å². The van der Waals surface area contributed by atoms with Crippen LogP contribution in [0, 0.1) is 17.8 Å². The summed E-state index contributed by atoms with van der Waals surface area (Å²) in [5.41, 5.74) is 0. The summed E-state index contributed by atoms with van der Waals surface area (Å²) in [7, 11) is 0. The summed E-state index contributed by atoms with van der Waals surface area (Å²) in [5, 5.41) is 0. The van der Waals surface area contributed by atoms with Gasteiger partial charge in [0.05, 0.1) is 11.8 Å². The minimum Gasteiger partial charge on any atom is -0.393 e. The molecular weight excluding hydrogens is 204 g/mol. The summed E-state index contributed by atoms with van der Waals surface area (Å²) in [6.07, 6.45) is 4.58. The maximum absolute atomic E-state index is 11.2. The Morgan fingerprint density at radius 3 is 2.19 bits per heavy atom. The van der Waals surface area contributed by atoms with E-state index in [1.54, 1.807) is 0 Å². The molecule has 3 atom stereocenters. The maximum Gasteiger partial charge on any atom is 0.318 e. The Kier molecular flexibility index (Phi) is 6.70. The van der Waals surface area contributed by atoms with Crippen molar-refractivity contribution in [3.63, 3.8) is 0 Å². The van der Waals surface area contributed by atoms with Gasteiger partial charge in [0.2, 0.25) is 0 Å². The molecule has 92 valence electrons. The monoisotopic (exact) mass is 226 g/mol. The van der Waals surface area contributed by atoms with Crippen molar-refractivity contribution in [2.45, 2.75) is 41.0 Å². The van der Waals surface area contributed by atoms with Gasteiger partial charge in [-0.15, -0.1) is 0 Å². The molecule has 0 radical (unpaired) electrons. The van der Waals surface area contributed by atoms with Crippen molar-refractivity contribution < 1.29 is 14.3 Å². The van der Waals surface area contributed by atoms with Crippen molar-refractivity contribution in [3.05, 3.63) is 12.2 Å². The number of rotatable bonds is 0. The molecule has 1 saturated heterocycles. The highest BCUT2D eigenvalue weighted by molar-refractivity contribution is 5.97. The number of allylic oxidation sites excluding steroid dienone is 2. The van der Waals surface area contributed by atoms with Crippen LogP contribution in [-0.2, 0) is 14.3 Å². The van der Waals surface area contributed by atoms with Gasteiger partial charge in [-0.25, -0.2) is 0 Å². The summed E-state index contributed by atoms with van der Waals surface area (Å²) >= 11 is 0. The highest BCUT2D eigenvalue weighted by Gasteiger charge is 2.46. The van der Waals surface area contributed by atoms with Gasteiger partial charge in [-0.05, 0) is 12.3 Å². The molecule has 0 spiro atoms. The van der Waals surface area contributed by atoms with E-state index in [9.17, 15) is 9.59 Å². The standard InChI is InChI=1S/C9H10O3.2C2H6/c1-5-3-2-4-6-7(5)9(11)12-8(6)10;2*1-2/h2-3,5-7H,4H2,1H3;2*1-2H3. The average Bonchev–Trinajstić information content (AvgIpc) is 2.61. The second kappa shape index (κ2) is 7.20. The normalized spacial score (nSPS) is 30.4. The van der Waals surface area contributed by atoms with Crippen LogP contribution in [0.25, 0.3) is 0 Å². The number of cyclic esters (lactones) is 2. The van der Waals surface area contributed by atoms with E-state index in [0.29, 0.717) is 6.42 Å². The fourth-order valence-electron chi connectivity index (χ4n) is 1.94. The summed E-state index contributed by atoms with van der Waals surface area (Å²) in [5.74, 6) is -0.981. The third kappa shape index (κ3) is 2.94. The summed E-state index contributed by atoms with van der Waals surface area (Å²) < 4.78 is 4.56. The van der Waals surface area contributed by atoms with E-state index in [0.717, 1.165) is 0 Å². The lowest BCUT2D eigenvalue weighted by Crippen LogP contribution is -2.25. The third-order valence-electron chi connectivity index (χ3n) is 2.61. The molecule has 3 unspecified atom stereocenters. The summed E-state index contributed by atoms with van der Waals surface area (Å²) in [6, 6.07) is 0. The quantitative estimate of drug-likeness (QED) is 0.362. The van der Waals surface area contributed by atoms with Crippen LogP contribution in [0.1, 0.15) is 41.0 Å². The zero-order chi connectivity index (χ0) is 12.7. The molecule has 1 heterocycles. The van der Waals surface area contributed by atoms with Gasteiger partial charge in [0, 0.05) is 0 Å². The first kappa shape index (κ1) is 14.9. The Labute approximate surface area is 97.9 Å². The van der Waals surface area contributed by atoms with Crippen LogP contribution in [0.2, 0.25) is 0 Å². The van der Waals surface area contributed by atoms with Gasteiger partial charge in [-0.2, -0.15) is 0 Å². The van der Waals surface area contributed by atoms with Gasteiger partial charge >= 0.3 is 11.9 Å². The van der Waals surface area contributed by atoms with Gasteiger partial charge in [-0.1, -0.05) is 46.8 Å². The van der Waals surface area contributed by atoms with Crippen LogP contribution >= 0.6 is 0 Å². The first-order valence-electron chi connectivity index (χ1n) is 6.12. The molecule has 0 aromatic heterocycles. The van der Waals surface area contributed by atoms with Crippen molar-refractivity contribution in [2.75, 3.05) is 0 Å². The molecule has 1 aliphatic heterocycles. The van der Waals surface area contributed by atoms with Crippen LogP contribution in [-0.4, -0.2) is 11.9 Å². The Morgan fingerprint density at radius 2 is 1.69 bits per heavy atom. The summed E-state index contributed by atoms with van der Waals surface area (Å²) in [6.45, 7) is 9.94. The first-order valence-corrected chi connectivity index (χ1v) is 6.12. The Morgan fingerprint density at radius 1 is 1.12 bits per heavy atom. The topological polar surface area (TPSA) is 43.4 Å². The molecule has 0 N–H and O–H groups in total. The molecule has 2 rings (SSSR count). The Bertz CT molecular complexity index is 268. The molecule has 3 heteroatoms. The minimum atomic E-state index is -0.346. The molecule has 2 aliphatic rings. The molecule has 0 aromatic rings. The number of fused-ring (bicyclic) bond motifs is 1. The predicted octanol–water partition coefficient (Wildman–Crippen LogP) is 2.95. The van der Waals surface area contributed by atoms with Crippen molar-refractivity contribution in [1.29, 1.82) is 0 Å². The highest BCUT2D eigenvalue weighted by Crippen LogP contribution is 2.36. The fraction of sp³-hybridized carbons (Fsp3) is 0.692. The number of carbonyl (C=O) groups is 2. The highest BCUT2D eigenvalue weighted by atomic mass is 16.6. The molecule has 16 heavy (non-hydrogen) atoms. The van der Waals surface area contributed by atoms with Crippen LogP contribution < -0.4 is 0 Å². The number of carbonyl (C=O) groups excluding carboxylic acids is 2. The zero-order valence-corrected chi connectivity index (χ0v) is 10.8. The van der Waals surface area contributed by atoms with Crippen molar-refractivity contribution in [2.24, 2.45) is 17.8 Å². The Balaban J connectivity index is 0.000000509. The van der Waals surface area contributed by atoms with E-state index in [1.807, 2.05) is 46.8 Å². The van der Waals surface area contributed by atoms with E-state index < -0.39 is 0 Å². The minimum absolute atomic E-state index is 0.141. The predicted molar refractivity (Wildman–Crippen MR) is 63.7 cm³/mol. The first-order chi connectivity index (χ1) is 7.70. The molecule has 0 aromatic carbocycles. The average molecular weight is 226 g/mol. The smallest absolute Gasteiger partial charge is 0.318 e. The largest absolute Gasteiger partial charge is 0.393 e. The van der Waals surface area contributed by atoms with Gasteiger partial charge in [0.1, 0.15) is 0 Å². The number of hydrogen-bond donors (Lipinski definition) is 0. The molecule has 1 aliphatic carbocycles. The van der Waals surface area contributed by atoms with Gasteiger partial charge in [0.25, 0.3) is 0 Å². The lowest BCUT2D eigenvalue weighted by Gasteiger charge is -2.20. The number of ether oxygens (including phenoxy) is 1. The van der Waals surface area contributed by atoms with Crippen molar-refractivity contribution in [1.82, 2.24) is 0 Å². The second-order valence-corrected chi connectivity index (χ2v) is 3.40. The molecule has 0 amide bonds.